The van der Waals surface area contributed by atoms with Crippen LogP contribution in [0.2, 0.25) is 0 Å². The summed E-state index contributed by atoms with van der Waals surface area (Å²) in [5.74, 6) is 1.21. The summed E-state index contributed by atoms with van der Waals surface area (Å²) in [5.41, 5.74) is 1.95. The summed E-state index contributed by atoms with van der Waals surface area (Å²) in [5, 5.41) is 0. The van der Waals surface area contributed by atoms with Gasteiger partial charge in [0, 0.05) is 25.5 Å². The van der Waals surface area contributed by atoms with Gasteiger partial charge in [0.05, 0.1) is 24.9 Å². The largest absolute Gasteiger partial charge is 0.497 e. The van der Waals surface area contributed by atoms with E-state index in [1.54, 1.807) is 12.0 Å². The number of fused-ring (bicyclic) bond motifs is 1. The van der Waals surface area contributed by atoms with Gasteiger partial charge < -0.3 is 14.6 Å². The van der Waals surface area contributed by atoms with Gasteiger partial charge in [-0.25, -0.2) is 4.98 Å². The molecule has 0 atom stereocenters. The minimum atomic E-state index is -0.186. The molecule has 0 radical (unpaired) electrons. The molecule has 1 aliphatic rings. The summed E-state index contributed by atoms with van der Waals surface area (Å²) in [7, 11) is 1.60. The number of hydrogen-bond donors (Lipinski definition) is 1. The van der Waals surface area contributed by atoms with Crippen molar-refractivity contribution in [2.45, 2.75) is 19.9 Å². The Morgan fingerprint density at radius 3 is 2.95 bits per heavy atom. The smallest absolute Gasteiger partial charge is 0.256 e. The molecule has 1 aliphatic heterocycles. The van der Waals surface area contributed by atoms with Crippen LogP contribution in [0, 0.1) is 0 Å². The Morgan fingerprint density at radius 2 is 2.23 bits per heavy atom. The van der Waals surface area contributed by atoms with Gasteiger partial charge in [0.15, 0.2) is 0 Å². The monoisotopic (exact) mass is 299 g/mol. The van der Waals surface area contributed by atoms with Crippen LogP contribution in [-0.2, 0) is 17.8 Å². The first-order valence-electron chi connectivity index (χ1n) is 7.10. The Balaban J connectivity index is 2.01. The number of hydrogen-bond acceptors (Lipinski definition) is 4. The highest BCUT2D eigenvalue weighted by Crippen LogP contribution is 2.22. The first-order chi connectivity index (χ1) is 10.6. The maximum absolute atomic E-state index is 12.3. The van der Waals surface area contributed by atoms with E-state index in [0.717, 1.165) is 11.3 Å². The number of carbonyl (C=O) groups excluding carboxylic acids is 1. The Bertz CT molecular complexity index is 782. The molecule has 0 unspecified atom stereocenters. The fourth-order valence-corrected chi connectivity index (χ4v) is 2.60. The number of nitrogens with one attached hydrogen (secondary N) is 1. The van der Waals surface area contributed by atoms with Crippen LogP contribution in [0.15, 0.2) is 29.1 Å². The van der Waals surface area contributed by atoms with Gasteiger partial charge >= 0.3 is 0 Å². The molecule has 0 aliphatic carbocycles. The summed E-state index contributed by atoms with van der Waals surface area (Å²) in [4.78, 5) is 32.8. The maximum atomic E-state index is 12.3. The van der Waals surface area contributed by atoms with E-state index in [4.69, 9.17) is 4.74 Å². The van der Waals surface area contributed by atoms with Crippen molar-refractivity contribution in [1.82, 2.24) is 14.9 Å². The van der Waals surface area contributed by atoms with E-state index in [1.165, 1.54) is 6.92 Å². The van der Waals surface area contributed by atoms with Gasteiger partial charge in [0.2, 0.25) is 5.91 Å². The lowest BCUT2D eigenvalue weighted by atomic mass is 10.1. The lowest BCUT2D eigenvalue weighted by molar-refractivity contribution is -0.129. The molecule has 0 saturated heterocycles. The molecule has 6 heteroatoms. The molecule has 0 fully saturated rings. The number of aromatic amines is 1. The molecule has 3 rings (SSSR count). The molecule has 0 bridgehead atoms. The van der Waals surface area contributed by atoms with E-state index in [0.29, 0.717) is 36.6 Å². The predicted molar refractivity (Wildman–Crippen MR) is 81.6 cm³/mol. The van der Waals surface area contributed by atoms with E-state index >= 15 is 0 Å². The number of benzene rings is 1. The third-order valence-corrected chi connectivity index (χ3v) is 3.86. The van der Waals surface area contributed by atoms with Gasteiger partial charge in [-0.15, -0.1) is 0 Å². The van der Waals surface area contributed by atoms with E-state index in [9.17, 15) is 9.59 Å². The van der Waals surface area contributed by atoms with Crippen molar-refractivity contribution in [2.24, 2.45) is 0 Å². The molecule has 1 N–H and O–H groups in total. The van der Waals surface area contributed by atoms with Crippen LogP contribution in [0.5, 0.6) is 5.75 Å². The Labute approximate surface area is 127 Å². The summed E-state index contributed by atoms with van der Waals surface area (Å²) >= 11 is 0. The first kappa shape index (κ1) is 14.3. The van der Waals surface area contributed by atoms with Gasteiger partial charge in [-0.3, -0.25) is 9.59 Å². The Morgan fingerprint density at radius 1 is 1.41 bits per heavy atom. The van der Waals surface area contributed by atoms with Crippen LogP contribution >= 0.6 is 0 Å². The van der Waals surface area contributed by atoms with Crippen LogP contribution in [0.3, 0.4) is 0 Å². The van der Waals surface area contributed by atoms with Crippen LogP contribution in [0.1, 0.15) is 18.2 Å². The molecule has 0 spiro atoms. The second kappa shape index (κ2) is 5.63. The van der Waals surface area contributed by atoms with Crippen molar-refractivity contribution in [3.05, 3.63) is 45.9 Å². The van der Waals surface area contributed by atoms with Crippen molar-refractivity contribution in [3.63, 3.8) is 0 Å². The van der Waals surface area contributed by atoms with Gasteiger partial charge in [-0.2, -0.15) is 0 Å². The zero-order chi connectivity index (χ0) is 15.7. The van der Waals surface area contributed by atoms with E-state index in [-0.39, 0.29) is 11.5 Å². The number of H-pyrrole nitrogens is 1. The van der Waals surface area contributed by atoms with Crippen LogP contribution < -0.4 is 10.3 Å². The summed E-state index contributed by atoms with van der Waals surface area (Å²) in [6.45, 7) is 2.43. The van der Waals surface area contributed by atoms with Crippen molar-refractivity contribution in [1.29, 1.82) is 0 Å². The van der Waals surface area contributed by atoms with Crippen molar-refractivity contribution in [2.75, 3.05) is 13.7 Å². The molecule has 1 aromatic carbocycles. The quantitative estimate of drug-likeness (QED) is 0.908. The van der Waals surface area contributed by atoms with Gasteiger partial charge in [0.25, 0.3) is 5.56 Å². The number of carbonyl (C=O) groups is 1. The van der Waals surface area contributed by atoms with Crippen molar-refractivity contribution >= 4 is 5.91 Å². The van der Waals surface area contributed by atoms with E-state index in [2.05, 4.69) is 9.97 Å². The number of nitrogens with zero attached hydrogens (tertiary/aromatic N) is 2. The third kappa shape index (κ3) is 2.59. The van der Waals surface area contributed by atoms with Crippen LogP contribution in [0.25, 0.3) is 11.4 Å². The number of aromatic nitrogens is 2. The fraction of sp³-hybridized carbons (Fsp3) is 0.312. The molecule has 2 heterocycles. The number of rotatable bonds is 2. The second-order valence-electron chi connectivity index (χ2n) is 5.26. The molecule has 6 nitrogen and oxygen atoms in total. The highest BCUT2D eigenvalue weighted by molar-refractivity contribution is 5.73. The summed E-state index contributed by atoms with van der Waals surface area (Å²) in [6.07, 6.45) is 0.593. The third-order valence-electron chi connectivity index (χ3n) is 3.86. The predicted octanol–water partition coefficient (Wildman–Crippen LogP) is 1.35. The number of amides is 1. The van der Waals surface area contributed by atoms with Crippen LogP contribution in [0.4, 0.5) is 0 Å². The minimum Gasteiger partial charge on any atom is -0.497 e. The molecule has 1 aromatic heterocycles. The van der Waals surface area contributed by atoms with E-state index < -0.39 is 0 Å². The first-order valence-corrected chi connectivity index (χ1v) is 7.10. The Kier molecular flexibility index (Phi) is 3.66. The molecular formula is C16H17N3O3. The Hall–Kier alpha value is -2.63. The lowest BCUT2D eigenvalue weighted by Gasteiger charge is -2.26. The van der Waals surface area contributed by atoms with E-state index in [1.807, 2.05) is 24.3 Å². The molecule has 0 saturated carbocycles. The molecular weight excluding hydrogens is 282 g/mol. The lowest BCUT2D eigenvalue weighted by Crippen LogP contribution is -2.38. The zero-order valence-corrected chi connectivity index (χ0v) is 12.5. The average molecular weight is 299 g/mol. The fourth-order valence-electron chi connectivity index (χ4n) is 2.60. The SMILES string of the molecule is COc1cccc(-c2nc3c(c(=O)[nH]2)CN(C(C)=O)CC3)c1. The average Bonchev–Trinajstić information content (AvgIpc) is 2.54. The summed E-state index contributed by atoms with van der Waals surface area (Å²) < 4.78 is 5.20. The number of methoxy groups -OCH3 is 1. The minimum absolute atomic E-state index is 0.0260. The normalized spacial score (nSPS) is 13.6. The molecule has 1 amide bonds. The standard InChI is InChI=1S/C16H17N3O3/c1-10(20)19-7-6-14-13(9-19)16(21)18-15(17-14)11-4-3-5-12(8-11)22-2/h3-5,8H,6-7,9H2,1-2H3,(H,17,18,21). The van der Waals surface area contributed by atoms with Gasteiger partial charge in [-0.1, -0.05) is 12.1 Å². The second-order valence-corrected chi connectivity index (χ2v) is 5.26. The highest BCUT2D eigenvalue weighted by Gasteiger charge is 2.22. The van der Waals surface area contributed by atoms with Crippen molar-refractivity contribution in [3.8, 4) is 17.1 Å². The highest BCUT2D eigenvalue weighted by atomic mass is 16.5. The zero-order valence-electron chi connectivity index (χ0n) is 12.5. The topological polar surface area (TPSA) is 75.3 Å². The summed E-state index contributed by atoms with van der Waals surface area (Å²) in [6, 6.07) is 7.39. The molecule has 114 valence electrons. The van der Waals surface area contributed by atoms with Crippen LogP contribution in [-0.4, -0.2) is 34.4 Å². The van der Waals surface area contributed by atoms with Crippen molar-refractivity contribution < 1.29 is 9.53 Å². The molecule has 22 heavy (non-hydrogen) atoms. The molecule has 2 aromatic rings. The van der Waals surface area contributed by atoms with Gasteiger partial charge in [-0.05, 0) is 12.1 Å². The maximum Gasteiger partial charge on any atom is 0.256 e. The van der Waals surface area contributed by atoms with Gasteiger partial charge in [0.1, 0.15) is 11.6 Å². The number of ether oxygens (including phenoxy) is 1.